The van der Waals surface area contributed by atoms with Crippen molar-refractivity contribution in [2.24, 2.45) is 0 Å². The van der Waals surface area contributed by atoms with Gasteiger partial charge in [-0.1, -0.05) is 6.07 Å². The van der Waals surface area contributed by atoms with Gasteiger partial charge < -0.3 is 14.2 Å². The van der Waals surface area contributed by atoms with E-state index < -0.39 is 0 Å². The van der Waals surface area contributed by atoms with Crippen LogP contribution in [0.3, 0.4) is 0 Å². The molecule has 2 aromatic rings. The fourth-order valence-corrected chi connectivity index (χ4v) is 2.70. The molecule has 112 valence electrons. The van der Waals surface area contributed by atoms with Crippen molar-refractivity contribution in [1.29, 1.82) is 0 Å². The Kier molecular flexibility index (Phi) is 4.17. The van der Waals surface area contributed by atoms with Crippen LogP contribution in [0.5, 0.6) is 11.5 Å². The van der Waals surface area contributed by atoms with Gasteiger partial charge in [-0.25, -0.2) is 0 Å². The molecule has 0 spiro atoms. The number of aromatic nitrogens is 2. The van der Waals surface area contributed by atoms with Crippen LogP contribution in [-0.2, 0) is 24.5 Å². The number of aryl methyl sites for hydroxylation is 2. The summed E-state index contributed by atoms with van der Waals surface area (Å²) in [6, 6.07) is 5.86. The van der Waals surface area contributed by atoms with Crippen molar-refractivity contribution in [3.63, 3.8) is 0 Å². The highest BCUT2D eigenvalue weighted by molar-refractivity contribution is 9.10. The van der Waals surface area contributed by atoms with Crippen LogP contribution in [0.25, 0.3) is 0 Å². The molecule has 5 nitrogen and oxygen atoms in total. The van der Waals surface area contributed by atoms with Crippen molar-refractivity contribution in [1.82, 2.24) is 9.78 Å². The molecule has 0 saturated heterocycles. The molecule has 0 saturated carbocycles. The fourth-order valence-electron chi connectivity index (χ4n) is 2.30. The van der Waals surface area contributed by atoms with Crippen LogP contribution in [0.15, 0.2) is 22.7 Å². The van der Waals surface area contributed by atoms with E-state index >= 15 is 0 Å². The van der Waals surface area contributed by atoms with Gasteiger partial charge in [0.05, 0.1) is 29.1 Å². The van der Waals surface area contributed by atoms with Gasteiger partial charge in [0.25, 0.3) is 0 Å². The van der Waals surface area contributed by atoms with Crippen LogP contribution in [-0.4, -0.2) is 16.6 Å². The predicted octanol–water partition coefficient (Wildman–Crippen LogP) is 3.42. The largest absolute Gasteiger partial charge is 0.454 e. The number of hydrogen-bond acceptors (Lipinski definition) is 4. The van der Waals surface area contributed by atoms with Gasteiger partial charge in [0.2, 0.25) is 6.79 Å². The third-order valence-electron chi connectivity index (χ3n) is 3.40. The molecule has 3 rings (SSSR count). The van der Waals surface area contributed by atoms with E-state index in [1.807, 2.05) is 29.8 Å². The highest BCUT2D eigenvalue weighted by Gasteiger charge is 2.14. The van der Waals surface area contributed by atoms with E-state index in [1.54, 1.807) is 0 Å². The lowest BCUT2D eigenvalue weighted by atomic mass is 10.2. The summed E-state index contributed by atoms with van der Waals surface area (Å²) in [6.07, 6.45) is 0. The van der Waals surface area contributed by atoms with Crippen LogP contribution >= 0.6 is 15.9 Å². The molecule has 0 aliphatic carbocycles. The standard InChI is InChI=1S/C15H17BrN2O3/c1-3-18-12(15(16)10(2)17-18)8-19-7-11-4-5-13-14(6-11)21-9-20-13/h4-6H,3,7-9H2,1-2H3. The Hall–Kier alpha value is -1.53. The van der Waals surface area contributed by atoms with Crippen molar-refractivity contribution in [2.75, 3.05) is 6.79 Å². The summed E-state index contributed by atoms with van der Waals surface area (Å²) in [7, 11) is 0. The van der Waals surface area contributed by atoms with E-state index in [4.69, 9.17) is 14.2 Å². The van der Waals surface area contributed by atoms with Gasteiger partial charge in [-0.05, 0) is 47.5 Å². The van der Waals surface area contributed by atoms with Crippen LogP contribution in [0.4, 0.5) is 0 Å². The van der Waals surface area contributed by atoms with Crippen molar-refractivity contribution in [3.05, 3.63) is 39.6 Å². The van der Waals surface area contributed by atoms with Gasteiger partial charge in [-0.15, -0.1) is 0 Å². The highest BCUT2D eigenvalue weighted by Crippen LogP contribution is 2.32. The highest BCUT2D eigenvalue weighted by atomic mass is 79.9. The topological polar surface area (TPSA) is 45.5 Å². The molecular formula is C15H17BrN2O3. The molecule has 0 N–H and O–H groups in total. The van der Waals surface area contributed by atoms with Gasteiger partial charge in [0.15, 0.2) is 11.5 Å². The fraction of sp³-hybridized carbons (Fsp3) is 0.400. The van der Waals surface area contributed by atoms with E-state index in [-0.39, 0.29) is 0 Å². The number of halogens is 1. The van der Waals surface area contributed by atoms with Crippen molar-refractivity contribution in [3.8, 4) is 11.5 Å². The molecule has 0 atom stereocenters. The Morgan fingerprint density at radius 2 is 2.10 bits per heavy atom. The van der Waals surface area contributed by atoms with E-state index in [9.17, 15) is 0 Å². The average molecular weight is 353 g/mol. The van der Waals surface area contributed by atoms with Crippen molar-refractivity contribution in [2.45, 2.75) is 33.6 Å². The monoisotopic (exact) mass is 352 g/mol. The van der Waals surface area contributed by atoms with Gasteiger partial charge in [-0.3, -0.25) is 4.68 Å². The summed E-state index contributed by atoms with van der Waals surface area (Å²) in [5.74, 6) is 1.58. The zero-order chi connectivity index (χ0) is 14.8. The lowest BCUT2D eigenvalue weighted by Gasteiger charge is -2.08. The molecule has 1 aliphatic rings. The molecule has 0 unspecified atom stereocenters. The Morgan fingerprint density at radius 3 is 2.90 bits per heavy atom. The minimum Gasteiger partial charge on any atom is -0.454 e. The molecule has 0 amide bonds. The predicted molar refractivity (Wildman–Crippen MR) is 81.4 cm³/mol. The Labute approximate surface area is 131 Å². The zero-order valence-corrected chi connectivity index (χ0v) is 13.6. The third-order valence-corrected chi connectivity index (χ3v) is 4.43. The zero-order valence-electron chi connectivity index (χ0n) is 12.1. The minimum absolute atomic E-state index is 0.293. The first-order chi connectivity index (χ1) is 10.2. The number of fused-ring (bicyclic) bond motifs is 1. The van der Waals surface area contributed by atoms with Crippen LogP contribution < -0.4 is 9.47 Å². The maximum absolute atomic E-state index is 5.81. The second kappa shape index (κ2) is 6.07. The average Bonchev–Trinajstić information content (AvgIpc) is 3.05. The summed E-state index contributed by atoms with van der Waals surface area (Å²) < 4.78 is 19.5. The molecule has 1 aromatic heterocycles. The molecule has 0 fully saturated rings. The number of rotatable bonds is 5. The molecule has 2 heterocycles. The maximum atomic E-state index is 5.81. The van der Waals surface area contributed by atoms with Crippen LogP contribution in [0.2, 0.25) is 0 Å². The second-order valence-electron chi connectivity index (χ2n) is 4.84. The molecule has 21 heavy (non-hydrogen) atoms. The van der Waals surface area contributed by atoms with Crippen molar-refractivity contribution >= 4 is 15.9 Å². The Bertz CT molecular complexity index is 655. The molecule has 1 aromatic carbocycles. The maximum Gasteiger partial charge on any atom is 0.231 e. The lowest BCUT2D eigenvalue weighted by Crippen LogP contribution is -2.05. The van der Waals surface area contributed by atoms with Crippen LogP contribution in [0, 0.1) is 6.92 Å². The smallest absolute Gasteiger partial charge is 0.231 e. The SMILES string of the molecule is CCn1nc(C)c(Br)c1COCc1ccc2c(c1)OCO2. The third kappa shape index (κ3) is 2.91. The number of ether oxygens (including phenoxy) is 3. The molecule has 0 bridgehead atoms. The molecular weight excluding hydrogens is 336 g/mol. The van der Waals surface area contributed by atoms with E-state index in [2.05, 4.69) is 28.0 Å². The summed E-state index contributed by atoms with van der Waals surface area (Å²) in [5.41, 5.74) is 3.11. The number of benzene rings is 1. The first-order valence-corrected chi connectivity index (χ1v) is 7.66. The summed E-state index contributed by atoms with van der Waals surface area (Å²) in [5, 5.41) is 4.45. The first-order valence-electron chi connectivity index (χ1n) is 6.87. The summed E-state index contributed by atoms with van der Waals surface area (Å²) >= 11 is 3.57. The summed E-state index contributed by atoms with van der Waals surface area (Å²) in [6.45, 7) is 6.22. The van der Waals surface area contributed by atoms with Crippen LogP contribution in [0.1, 0.15) is 23.9 Å². The lowest BCUT2D eigenvalue weighted by molar-refractivity contribution is 0.101. The first kappa shape index (κ1) is 14.4. The molecule has 6 heteroatoms. The van der Waals surface area contributed by atoms with Gasteiger partial charge >= 0.3 is 0 Å². The number of nitrogens with zero attached hydrogens (tertiary/aromatic N) is 2. The molecule has 1 aliphatic heterocycles. The minimum atomic E-state index is 0.293. The molecule has 0 radical (unpaired) electrons. The van der Waals surface area contributed by atoms with Gasteiger partial charge in [0.1, 0.15) is 0 Å². The Balaban J connectivity index is 1.64. The van der Waals surface area contributed by atoms with Gasteiger partial charge in [-0.2, -0.15) is 5.10 Å². The van der Waals surface area contributed by atoms with E-state index in [1.165, 1.54) is 0 Å². The second-order valence-corrected chi connectivity index (χ2v) is 5.64. The van der Waals surface area contributed by atoms with Gasteiger partial charge in [0, 0.05) is 6.54 Å². The van der Waals surface area contributed by atoms with E-state index in [0.29, 0.717) is 20.0 Å². The quantitative estimate of drug-likeness (QED) is 0.826. The van der Waals surface area contributed by atoms with Crippen molar-refractivity contribution < 1.29 is 14.2 Å². The normalized spacial score (nSPS) is 12.9. The van der Waals surface area contributed by atoms with E-state index in [0.717, 1.165) is 39.5 Å². The number of hydrogen-bond donors (Lipinski definition) is 0. The summed E-state index contributed by atoms with van der Waals surface area (Å²) in [4.78, 5) is 0. The Morgan fingerprint density at radius 1 is 1.29 bits per heavy atom.